The van der Waals surface area contributed by atoms with Crippen molar-refractivity contribution in [1.29, 1.82) is 0 Å². The van der Waals surface area contributed by atoms with Crippen LogP contribution in [0.15, 0.2) is 48.6 Å². The summed E-state index contributed by atoms with van der Waals surface area (Å²) in [6, 6.07) is 6.24. The van der Waals surface area contributed by atoms with Gasteiger partial charge < -0.3 is 0 Å². The Morgan fingerprint density at radius 3 is 1.88 bits per heavy atom. The number of benzene rings is 2. The van der Waals surface area contributed by atoms with Crippen molar-refractivity contribution in [3.05, 3.63) is 70.8 Å². The predicted molar refractivity (Wildman–Crippen MR) is 91.3 cm³/mol. The van der Waals surface area contributed by atoms with Crippen molar-refractivity contribution in [3.63, 3.8) is 0 Å². The second-order valence-electron chi connectivity index (χ2n) is 5.60. The molecule has 2 rings (SSSR count). The van der Waals surface area contributed by atoms with Crippen LogP contribution in [0, 0.1) is 0 Å². The molecule has 0 unspecified atom stereocenters. The minimum atomic E-state index is -4.69. The zero-order valence-corrected chi connectivity index (χ0v) is 14.0. The molecule has 2 aromatic carbocycles. The van der Waals surface area contributed by atoms with Gasteiger partial charge in [0.05, 0.1) is 11.1 Å². The second kappa shape index (κ2) is 7.40. The molecule has 0 aliphatic heterocycles. The molecule has 0 saturated carbocycles. The molecule has 0 nitrogen and oxygen atoms in total. The molecule has 0 bridgehead atoms. The van der Waals surface area contributed by atoms with Crippen molar-refractivity contribution in [2.24, 2.45) is 0 Å². The molecule has 0 radical (unpaired) electrons. The SMILES string of the molecule is C/C=C/c1ccc(C(F)(F)F)c(-c2cc(C(F)(F)F)ccc2/C=C/C)c1. The van der Waals surface area contributed by atoms with E-state index in [1.807, 2.05) is 0 Å². The van der Waals surface area contributed by atoms with Crippen LogP contribution in [0.2, 0.25) is 0 Å². The molecule has 6 heteroatoms. The first-order chi connectivity index (χ1) is 12.1. The third-order valence-corrected chi connectivity index (χ3v) is 3.73. The van der Waals surface area contributed by atoms with Crippen LogP contribution in [-0.2, 0) is 12.4 Å². The lowest BCUT2D eigenvalue weighted by Crippen LogP contribution is -2.09. The quantitative estimate of drug-likeness (QED) is 0.492. The Kier molecular flexibility index (Phi) is 5.64. The summed E-state index contributed by atoms with van der Waals surface area (Å²) in [5.74, 6) is 0. The van der Waals surface area contributed by atoms with Gasteiger partial charge in [-0.1, -0.05) is 36.4 Å². The number of allylic oxidation sites excluding steroid dienone is 2. The number of halogens is 6. The van der Waals surface area contributed by atoms with Crippen molar-refractivity contribution in [1.82, 2.24) is 0 Å². The molecule has 138 valence electrons. The summed E-state index contributed by atoms with van der Waals surface area (Å²) in [7, 11) is 0. The van der Waals surface area contributed by atoms with Gasteiger partial charge in [-0.05, 0) is 60.4 Å². The first-order valence-electron chi connectivity index (χ1n) is 7.76. The highest BCUT2D eigenvalue weighted by Gasteiger charge is 2.35. The van der Waals surface area contributed by atoms with Crippen LogP contribution in [0.3, 0.4) is 0 Å². The van der Waals surface area contributed by atoms with Crippen LogP contribution in [0.1, 0.15) is 36.1 Å². The van der Waals surface area contributed by atoms with E-state index in [9.17, 15) is 26.3 Å². The first-order valence-corrected chi connectivity index (χ1v) is 7.76. The molecule has 0 aliphatic carbocycles. The van der Waals surface area contributed by atoms with E-state index in [0.29, 0.717) is 5.56 Å². The summed E-state index contributed by atoms with van der Waals surface area (Å²) < 4.78 is 79.6. The van der Waals surface area contributed by atoms with Crippen LogP contribution >= 0.6 is 0 Å². The van der Waals surface area contributed by atoms with Crippen molar-refractivity contribution in [2.45, 2.75) is 26.2 Å². The molecule has 26 heavy (non-hydrogen) atoms. The Bertz CT molecular complexity index is 838. The lowest BCUT2D eigenvalue weighted by molar-refractivity contribution is -0.137. The molecule has 0 fully saturated rings. The maximum Gasteiger partial charge on any atom is 0.417 e. The van der Waals surface area contributed by atoms with Crippen LogP contribution in [0.4, 0.5) is 26.3 Å². The third kappa shape index (κ3) is 4.36. The Balaban J connectivity index is 2.85. The van der Waals surface area contributed by atoms with Gasteiger partial charge in [0, 0.05) is 0 Å². The number of hydrogen-bond donors (Lipinski definition) is 0. The summed E-state index contributed by atoms with van der Waals surface area (Å²) in [6.07, 6.45) is -3.06. The average molecular weight is 370 g/mol. The van der Waals surface area contributed by atoms with Gasteiger partial charge in [-0.2, -0.15) is 26.3 Å². The van der Waals surface area contributed by atoms with E-state index in [-0.39, 0.29) is 16.7 Å². The summed E-state index contributed by atoms with van der Waals surface area (Å²) in [6.45, 7) is 3.34. The molecule has 0 atom stereocenters. The highest BCUT2D eigenvalue weighted by molar-refractivity contribution is 5.80. The van der Waals surface area contributed by atoms with Crippen molar-refractivity contribution in [3.8, 4) is 11.1 Å². The molecule has 0 N–H and O–H groups in total. The maximum atomic E-state index is 13.4. The van der Waals surface area contributed by atoms with E-state index in [1.54, 1.807) is 32.1 Å². The van der Waals surface area contributed by atoms with Gasteiger partial charge in [-0.25, -0.2) is 0 Å². The van der Waals surface area contributed by atoms with Crippen LogP contribution in [0.5, 0.6) is 0 Å². The van der Waals surface area contributed by atoms with Gasteiger partial charge in [0.25, 0.3) is 0 Å². The largest absolute Gasteiger partial charge is 0.417 e. The monoisotopic (exact) mass is 370 g/mol. The van der Waals surface area contributed by atoms with E-state index < -0.39 is 23.5 Å². The molecular weight excluding hydrogens is 354 g/mol. The zero-order valence-electron chi connectivity index (χ0n) is 14.0. The van der Waals surface area contributed by atoms with Crippen LogP contribution in [-0.4, -0.2) is 0 Å². The van der Waals surface area contributed by atoms with Crippen LogP contribution in [0.25, 0.3) is 23.3 Å². The molecule has 2 aromatic rings. The van der Waals surface area contributed by atoms with Gasteiger partial charge in [0.2, 0.25) is 0 Å². The van der Waals surface area contributed by atoms with E-state index in [1.165, 1.54) is 24.3 Å². The molecule has 0 aliphatic rings. The minimum Gasteiger partial charge on any atom is -0.166 e. The highest BCUT2D eigenvalue weighted by atomic mass is 19.4. The van der Waals surface area contributed by atoms with Gasteiger partial charge in [-0.15, -0.1) is 0 Å². The summed E-state index contributed by atoms with van der Waals surface area (Å²) in [5.41, 5.74) is -1.62. The fourth-order valence-electron chi connectivity index (χ4n) is 2.62. The van der Waals surface area contributed by atoms with E-state index in [2.05, 4.69) is 0 Å². The lowest BCUT2D eigenvalue weighted by Gasteiger charge is -2.17. The molecular formula is C20H16F6. The van der Waals surface area contributed by atoms with Crippen molar-refractivity contribution < 1.29 is 26.3 Å². The topological polar surface area (TPSA) is 0 Å². The lowest BCUT2D eigenvalue weighted by atomic mass is 9.91. The van der Waals surface area contributed by atoms with Gasteiger partial charge in [-0.3, -0.25) is 0 Å². The molecule has 0 aromatic heterocycles. The van der Waals surface area contributed by atoms with Gasteiger partial charge >= 0.3 is 12.4 Å². The van der Waals surface area contributed by atoms with Gasteiger partial charge in [0.15, 0.2) is 0 Å². The zero-order chi connectivity index (χ0) is 19.5. The Morgan fingerprint density at radius 2 is 1.35 bits per heavy atom. The highest BCUT2D eigenvalue weighted by Crippen LogP contribution is 2.41. The number of alkyl halides is 6. The normalized spacial score (nSPS) is 13.1. The average Bonchev–Trinajstić information content (AvgIpc) is 2.53. The van der Waals surface area contributed by atoms with Gasteiger partial charge in [0.1, 0.15) is 0 Å². The van der Waals surface area contributed by atoms with E-state index in [4.69, 9.17) is 0 Å². The molecule has 0 amide bonds. The third-order valence-electron chi connectivity index (χ3n) is 3.73. The van der Waals surface area contributed by atoms with Crippen LogP contribution < -0.4 is 0 Å². The van der Waals surface area contributed by atoms with E-state index >= 15 is 0 Å². The Labute approximate surface area is 147 Å². The predicted octanol–water partition coefficient (Wildman–Crippen LogP) is 7.46. The fraction of sp³-hybridized carbons (Fsp3) is 0.200. The maximum absolute atomic E-state index is 13.4. The summed E-state index contributed by atoms with van der Waals surface area (Å²) in [4.78, 5) is 0. The van der Waals surface area contributed by atoms with E-state index in [0.717, 1.165) is 18.2 Å². The summed E-state index contributed by atoms with van der Waals surface area (Å²) in [5, 5.41) is 0. The smallest absolute Gasteiger partial charge is 0.166 e. The molecule has 0 saturated heterocycles. The number of hydrogen-bond acceptors (Lipinski definition) is 0. The van der Waals surface area contributed by atoms with Crippen molar-refractivity contribution >= 4 is 12.2 Å². The second-order valence-corrected chi connectivity index (χ2v) is 5.60. The standard InChI is InChI=1S/C20H16F6/c1-3-5-13-7-10-18(20(24,25)26)17(11-13)16-12-15(19(21,22)23)9-8-14(16)6-4-2/h3-12H,1-2H3/b5-3+,6-4+. The Morgan fingerprint density at radius 1 is 0.692 bits per heavy atom. The first kappa shape index (κ1) is 19.8. The fourth-order valence-corrected chi connectivity index (χ4v) is 2.62. The molecule has 0 spiro atoms. The minimum absolute atomic E-state index is 0.114. The Hall–Kier alpha value is -2.50. The molecule has 0 heterocycles. The van der Waals surface area contributed by atoms with Crippen molar-refractivity contribution in [2.75, 3.05) is 0 Å². The number of rotatable bonds is 3. The summed E-state index contributed by atoms with van der Waals surface area (Å²) >= 11 is 0.